The lowest BCUT2D eigenvalue weighted by Gasteiger charge is -1.96. The van der Waals surface area contributed by atoms with Crippen molar-refractivity contribution >= 4 is 31.1 Å². The molecule has 0 aliphatic heterocycles. The van der Waals surface area contributed by atoms with Gasteiger partial charge in [0.25, 0.3) is 9.05 Å². The van der Waals surface area contributed by atoms with Crippen LogP contribution in [0.1, 0.15) is 0 Å². The van der Waals surface area contributed by atoms with Gasteiger partial charge in [0.05, 0.1) is 7.11 Å². The second kappa shape index (κ2) is 3.00. The summed E-state index contributed by atoms with van der Waals surface area (Å²) in [7, 11) is 2.83. The fraction of sp³-hybridized carbons (Fsp3) is 0.200. The fourth-order valence-electron chi connectivity index (χ4n) is 0.600. The Morgan fingerprint density at radius 2 is 2.18 bits per heavy atom. The van der Waals surface area contributed by atoms with Gasteiger partial charge >= 0.3 is 0 Å². The molecule has 0 aromatic carbocycles. The van der Waals surface area contributed by atoms with E-state index >= 15 is 0 Å². The van der Waals surface area contributed by atoms with Crippen LogP contribution in [0, 0.1) is 0 Å². The Morgan fingerprint density at radius 3 is 2.55 bits per heavy atom. The molecule has 1 heterocycles. The van der Waals surface area contributed by atoms with Gasteiger partial charge in [-0.15, -0.1) is 11.3 Å². The highest BCUT2D eigenvalue weighted by molar-refractivity contribution is 8.13. The highest BCUT2D eigenvalue weighted by Crippen LogP contribution is 2.29. The number of methoxy groups -OCH3 is 1. The molecule has 0 N–H and O–H groups in total. The van der Waals surface area contributed by atoms with Gasteiger partial charge in [0.15, 0.2) is 0 Å². The molecule has 0 saturated carbocycles. The van der Waals surface area contributed by atoms with E-state index in [1.807, 2.05) is 0 Å². The van der Waals surface area contributed by atoms with Gasteiger partial charge in [0.1, 0.15) is 10.6 Å². The van der Waals surface area contributed by atoms with Crippen LogP contribution in [0.15, 0.2) is 15.7 Å². The SMILES string of the molecule is COc1cscc1S(=O)(=O)Cl. The molecule has 0 saturated heterocycles. The van der Waals surface area contributed by atoms with Crippen molar-refractivity contribution < 1.29 is 13.2 Å². The molecule has 0 aliphatic rings. The van der Waals surface area contributed by atoms with E-state index in [-0.39, 0.29) is 4.90 Å². The van der Waals surface area contributed by atoms with Crippen molar-refractivity contribution in [2.75, 3.05) is 7.11 Å². The zero-order valence-electron chi connectivity index (χ0n) is 5.57. The first-order chi connectivity index (χ1) is 5.05. The highest BCUT2D eigenvalue weighted by Gasteiger charge is 2.16. The van der Waals surface area contributed by atoms with Crippen LogP contribution in [0.5, 0.6) is 5.75 Å². The third-order valence-electron chi connectivity index (χ3n) is 1.08. The van der Waals surface area contributed by atoms with Crippen LogP contribution in [0.4, 0.5) is 0 Å². The van der Waals surface area contributed by atoms with E-state index < -0.39 is 9.05 Å². The number of thiophene rings is 1. The van der Waals surface area contributed by atoms with E-state index in [0.29, 0.717) is 5.75 Å². The molecule has 1 aromatic heterocycles. The Hall–Kier alpha value is -0.260. The zero-order chi connectivity index (χ0) is 8.48. The summed E-state index contributed by atoms with van der Waals surface area (Å²) in [4.78, 5) is 0.0340. The molecule has 0 bridgehead atoms. The standard InChI is InChI=1S/C5H5ClO3S2/c1-9-4-2-10-3-5(4)11(6,7)8/h2-3H,1H3. The maximum atomic E-state index is 10.8. The monoisotopic (exact) mass is 212 g/mol. The van der Waals surface area contributed by atoms with Crippen molar-refractivity contribution in [2.45, 2.75) is 4.90 Å². The number of rotatable bonds is 2. The fourth-order valence-corrected chi connectivity index (χ4v) is 2.89. The molecule has 0 aliphatic carbocycles. The maximum absolute atomic E-state index is 10.8. The molecule has 0 radical (unpaired) electrons. The Balaban J connectivity index is 3.24. The van der Waals surface area contributed by atoms with Crippen molar-refractivity contribution in [3.63, 3.8) is 0 Å². The predicted octanol–water partition coefficient (Wildman–Crippen LogP) is 1.68. The van der Waals surface area contributed by atoms with Gasteiger partial charge in [-0.1, -0.05) is 0 Å². The summed E-state index contributed by atoms with van der Waals surface area (Å²) < 4.78 is 26.3. The Labute approximate surface area is 73.0 Å². The molecular weight excluding hydrogens is 208 g/mol. The summed E-state index contributed by atoms with van der Waals surface area (Å²) in [5.74, 6) is 0.296. The molecule has 62 valence electrons. The maximum Gasteiger partial charge on any atom is 0.265 e. The van der Waals surface area contributed by atoms with E-state index in [0.717, 1.165) is 0 Å². The van der Waals surface area contributed by atoms with Gasteiger partial charge in [-0.05, 0) is 0 Å². The largest absolute Gasteiger partial charge is 0.494 e. The predicted molar refractivity (Wildman–Crippen MR) is 43.9 cm³/mol. The smallest absolute Gasteiger partial charge is 0.265 e. The molecule has 11 heavy (non-hydrogen) atoms. The van der Waals surface area contributed by atoms with Gasteiger partial charge in [-0.2, -0.15) is 0 Å². The lowest BCUT2D eigenvalue weighted by atomic mass is 10.6. The van der Waals surface area contributed by atoms with Gasteiger partial charge in [-0.3, -0.25) is 0 Å². The summed E-state index contributed by atoms with van der Waals surface area (Å²) in [6.07, 6.45) is 0. The van der Waals surface area contributed by atoms with E-state index in [9.17, 15) is 8.42 Å². The topological polar surface area (TPSA) is 43.4 Å². The van der Waals surface area contributed by atoms with E-state index in [2.05, 4.69) is 0 Å². The van der Waals surface area contributed by atoms with Crippen molar-refractivity contribution in [3.05, 3.63) is 10.8 Å². The van der Waals surface area contributed by atoms with E-state index in [1.165, 1.54) is 23.8 Å². The van der Waals surface area contributed by atoms with Crippen molar-refractivity contribution in [1.82, 2.24) is 0 Å². The summed E-state index contributed by atoms with van der Waals surface area (Å²) in [6.45, 7) is 0. The van der Waals surface area contributed by atoms with Gasteiger partial charge in [0, 0.05) is 21.4 Å². The first-order valence-corrected chi connectivity index (χ1v) is 5.86. The Bertz CT molecular complexity index is 340. The lowest BCUT2D eigenvalue weighted by molar-refractivity contribution is 0.406. The van der Waals surface area contributed by atoms with Crippen LogP contribution < -0.4 is 4.74 Å². The number of hydrogen-bond acceptors (Lipinski definition) is 4. The van der Waals surface area contributed by atoms with Crippen LogP contribution in [-0.2, 0) is 9.05 Å². The van der Waals surface area contributed by atoms with E-state index in [1.54, 1.807) is 5.38 Å². The summed E-state index contributed by atoms with van der Waals surface area (Å²) in [5.41, 5.74) is 0. The summed E-state index contributed by atoms with van der Waals surface area (Å²) in [5, 5.41) is 3.01. The van der Waals surface area contributed by atoms with Crippen LogP contribution in [0.2, 0.25) is 0 Å². The molecule has 0 unspecified atom stereocenters. The van der Waals surface area contributed by atoms with Crippen molar-refractivity contribution in [3.8, 4) is 5.75 Å². The quantitative estimate of drug-likeness (QED) is 0.701. The number of ether oxygens (including phenoxy) is 1. The minimum absolute atomic E-state index is 0.0340. The normalized spacial score (nSPS) is 11.5. The minimum atomic E-state index is -3.64. The van der Waals surface area contributed by atoms with Crippen LogP contribution in [0.3, 0.4) is 0 Å². The molecular formula is C5H5ClO3S2. The average Bonchev–Trinajstić information content (AvgIpc) is 2.31. The van der Waals surface area contributed by atoms with Crippen molar-refractivity contribution in [1.29, 1.82) is 0 Å². The van der Waals surface area contributed by atoms with Crippen molar-refractivity contribution in [2.24, 2.45) is 0 Å². The molecule has 0 amide bonds. The average molecular weight is 213 g/mol. The van der Waals surface area contributed by atoms with Crippen LogP contribution in [0.25, 0.3) is 0 Å². The molecule has 3 nitrogen and oxygen atoms in total. The van der Waals surface area contributed by atoms with Gasteiger partial charge in [0.2, 0.25) is 0 Å². The summed E-state index contributed by atoms with van der Waals surface area (Å²) >= 11 is 1.23. The van der Waals surface area contributed by atoms with Gasteiger partial charge in [-0.25, -0.2) is 8.42 Å². The van der Waals surface area contributed by atoms with Crippen LogP contribution >= 0.6 is 22.0 Å². The third-order valence-corrected chi connectivity index (χ3v) is 3.29. The first-order valence-electron chi connectivity index (χ1n) is 2.60. The number of halogens is 1. The van der Waals surface area contributed by atoms with Crippen LogP contribution in [-0.4, -0.2) is 15.5 Å². The third kappa shape index (κ3) is 1.85. The molecule has 0 fully saturated rings. The Kier molecular flexibility index (Phi) is 2.41. The zero-order valence-corrected chi connectivity index (χ0v) is 7.96. The molecule has 1 aromatic rings. The van der Waals surface area contributed by atoms with E-state index in [4.69, 9.17) is 15.4 Å². The number of hydrogen-bond donors (Lipinski definition) is 0. The molecule has 0 atom stereocenters. The molecule has 1 rings (SSSR count). The second-order valence-corrected chi connectivity index (χ2v) is 5.02. The molecule has 0 spiro atoms. The lowest BCUT2D eigenvalue weighted by Crippen LogP contribution is -1.91. The summed E-state index contributed by atoms with van der Waals surface area (Å²) in [6, 6.07) is 0. The second-order valence-electron chi connectivity index (χ2n) is 1.74. The highest BCUT2D eigenvalue weighted by atomic mass is 35.7. The molecule has 6 heteroatoms. The first kappa shape index (κ1) is 8.83. The van der Waals surface area contributed by atoms with Gasteiger partial charge < -0.3 is 4.74 Å². The minimum Gasteiger partial charge on any atom is -0.494 e. The Morgan fingerprint density at radius 1 is 1.55 bits per heavy atom.